The summed E-state index contributed by atoms with van der Waals surface area (Å²) in [6.07, 6.45) is 1.02. The van der Waals surface area contributed by atoms with Gasteiger partial charge in [0.15, 0.2) is 0 Å². The number of sulfonamides is 1. The summed E-state index contributed by atoms with van der Waals surface area (Å²) in [5.74, 6) is -0.797. The van der Waals surface area contributed by atoms with Crippen molar-refractivity contribution in [3.05, 3.63) is 58.6 Å². The number of carbonyl (C=O) groups excluding carboxylic acids is 2. The predicted octanol–water partition coefficient (Wildman–Crippen LogP) is 2.53. The molecule has 1 fully saturated rings. The van der Waals surface area contributed by atoms with E-state index in [-0.39, 0.29) is 11.6 Å². The molecule has 0 aromatic heterocycles. The van der Waals surface area contributed by atoms with Crippen LogP contribution in [0.2, 0.25) is 5.02 Å². The van der Waals surface area contributed by atoms with Crippen molar-refractivity contribution in [1.82, 2.24) is 4.90 Å². The fourth-order valence-corrected chi connectivity index (χ4v) is 4.20. The predicted molar refractivity (Wildman–Crippen MR) is 120 cm³/mol. The molecular formula is C21H24ClN3O5S. The number of hydrogen-bond donors (Lipinski definition) is 1. The number of amides is 2. The molecule has 2 amide bonds. The molecule has 8 nitrogen and oxygen atoms in total. The van der Waals surface area contributed by atoms with Gasteiger partial charge in [-0.2, -0.15) is 0 Å². The lowest BCUT2D eigenvalue weighted by Crippen LogP contribution is -2.41. The number of carbonyl (C=O) groups is 2. The highest BCUT2D eigenvalue weighted by molar-refractivity contribution is 7.92. The van der Waals surface area contributed by atoms with E-state index >= 15 is 0 Å². The second-order valence-corrected chi connectivity index (χ2v) is 9.52. The van der Waals surface area contributed by atoms with Gasteiger partial charge in [-0.15, -0.1) is 0 Å². The van der Waals surface area contributed by atoms with Crippen LogP contribution in [0.25, 0.3) is 0 Å². The number of anilines is 2. The maximum absolute atomic E-state index is 12.9. The normalized spacial score (nSPS) is 14.2. The zero-order chi connectivity index (χ0) is 22.6. The smallest absolute Gasteiger partial charge is 0.256 e. The lowest BCUT2D eigenvalue weighted by Gasteiger charge is -2.27. The second kappa shape index (κ2) is 9.67. The van der Waals surface area contributed by atoms with Crippen molar-refractivity contribution in [2.45, 2.75) is 6.92 Å². The Balaban J connectivity index is 1.80. The van der Waals surface area contributed by atoms with E-state index in [1.165, 1.54) is 6.07 Å². The van der Waals surface area contributed by atoms with Crippen molar-refractivity contribution in [3.63, 3.8) is 0 Å². The van der Waals surface area contributed by atoms with Crippen molar-refractivity contribution >= 4 is 44.8 Å². The van der Waals surface area contributed by atoms with Gasteiger partial charge in [-0.25, -0.2) is 8.42 Å². The fourth-order valence-electron chi connectivity index (χ4n) is 3.17. The van der Waals surface area contributed by atoms with Crippen molar-refractivity contribution in [2.75, 3.05) is 48.7 Å². The third-order valence-electron chi connectivity index (χ3n) is 4.86. The monoisotopic (exact) mass is 465 g/mol. The lowest BCUT2D eigenvalue weighted by molar-refractivity contribution is -0.114. The maximum atomic E-state index is 12.9. The summed E-state index contributed by atoms with van der Waals surface area (Å²) in [7, 11) is -3.75. The number of aryl methyl sites for hydroxylation is 1. The van der Waals surface area contributed by atoms with Crippen LogP contribution < -0.4 is 9.62 Å². The molecular weight excluding hydrogens is 442 g/mol. The van der Waals surface area contributed by atoms with Crippen LogP contribution in [-0.2, 0) is 19.6 Å². The number of morpholine rings is 1. The molecule has 0 unspecified atom stereocenters. The molecule has 2 aromatic carbocycles. The SMILES string of the molecule is Cc1ccc(N(CC(=O)Nc2ccccc2C(=O)N2CCOCC2)S(C)(=O)=O)cc1Cl. The van der Waals surface area contributed by atoms with E-state index < -0.39 is 22.5 Å². The zero-order valence-electron chi connectivity index (χ0n) is 17.3. The van der Waals surface area contributed by atoms with Crippen LogP contribution in [0.1, 0.15) is 15.9 Å². The highest BCUT2D eigenvalue weighted by Crippen LogP contribution is 2.25. The minimum atomic E-state index is -3.75. The maximum Gasteiger partial charge on any atom is 0.256 e. The number of hydrogen-bond acceptors (Lipinski definition) is 5. The minimum Gasteiger partial charge on any atom is -0.378 e. The molecule has 2 aromatic rings. The average Bonchev–Trinajstić information content (AvgIpc) is 2.74. The molecule has 31 heavy (non-hydrogen) atoms. The lowest BCUT2D eigenvalue weighted by atomic mass is 10.1. The van der Waals surface area contributed by atoms with Crippen LogP contribution in [0.4, 0.5) is 11.4 Å². The van der Waals surface area contributed by atoms with Crippen molar-refractivity contribution in [1.29, 1.82) is 0 Å². The molecule has 0 radical (unpaired) electrons. The first-order valence-electron chi connectivity index (χ1n) is 9.66. The Labute approximate surface area is 186 Å². The third-order valence-corrected chi connectivity index (χ3v) is 6.41. The number of nitrogens with one attached hydrogen (secondary N) is 1. The van der Waals surface area contributed by atoms with E-state index in [4.69, 9.17) is 16.3 Å². The molecule has 0 atom stereocenters. The van der Waals surface area contributed by atoms with Crippen LogP contribution in [0, 0.1) is 6.92 Å². The van der Waals surface area contributed by atoms with Gasteiger partial charge in [0, 0.05) is 18.1 Å². The Morgan fingerprint density at radius 3 is 2.48 bits per heavy atom. The van der Waals surface area contributed by atoms with E-state index in [0.29, 0.717) is 42.6 Å². The average molecular weight is 466 g/mol. The van der Waals surface area contributed by atoms with E-state index in [9.17, 15) is 18.0 Å². The standard InChI is InChI=1S/C21H24ClN3O5S/c1-15-7-8-16(13-18(15)22)25(31(2,28)29)14-20(26)23-19-6-4-3-5-17(19)21(27)24-9-11-30-12-10-24/h3-8,13H,9-12,14H2,1-2H3,(H,23,26). The van der Waals surface area contributed by atoms with Gasteiger partial charge in [-0.05, 0) is 36.8 Å². The summed E-state index contributed by atoms with van der Waals surface area (Å²) in [5, 5.41) is 3.07. The van der Waals surface area contributed by atoms with E-state index in [2.05, 4.69) is 5.32 Å². The summed E-state index contributed by atoms with van der Waals surface area (Å²) >= 11 is 6.13. The van der Waals surface area contributed by atoms with Gasteiger partial charge >= 0.3 is 0 Å². The summed E-state index contributed by atoms with van der Waals surface area (Å²) in [4.78, 5) is 27.3. The van der Waals surface area contributed by atoms with Crippen LogP contribution in [-0.4, -0.2) is 64.2 Å². The summed E-state index contributed by atoms with van der Waals surface area (Å²) in [6, 6.07) is 11.4. The van der Waals surface area contributed by atoms with E-state index in [1.54, 1.807) is 48.2 Å². The minimum absolute atomic E-state index is 0.218. The van der Waals surface area contributed by atoms with Gasteiger partial charge in [-0.3, -0.25) is 13.9 Å². The number of ether oxygens (including phenoxy) is 1. The highest BCUT2D eigenvalue weighted by Gasteiger charge is 2.24. The van der Waals surface area contributed by atoms with Crippen LogP contribution in [0.15, 0.2) is 42.5 Å². The number of halogens is 1. The van der Waals surface area contributed by atoms with Gasteiger partial charge in [0.2, 0.25) is 15.9 Å². The van der Waals surface area contributed by atoms with Gasteiger partial charge < -0.3 is 15.0 Å². The number of benzene rings is 2. The first-order valence-corrected chi connectivity index (χ1v) is 11.9. The van der Waals surface area contributed by atoms with Crippen molar-refractivity contribution in [2.24, 2.45) is 0 Å². The van der Waals surface area contributed by atoms with Crippen LogP contribution in [0.5, 0.6) is 0 Å². The summed E-state index contributed by atoms with van der Waals surface area (Å²) in [6.45, 7) is 3.20. The Kier molecular flexibility index (Phi) is 7.19. The number of para-hydroxylation sites is 1. The summed E-state index contributed by atoms with van der Waals surface area (Å²) < 4.78 is 30.9. The van der Waals surface area contributed by atoms with Crippen molar-refractivity contribution < 1.29 is 22.7 Å². The van der Waals surface area contributed by atoms with Crippen LogP contribution in [0.3, 0.4) is 0 Å². The molecule has 1 saturated heterocycles. The van der Waals surface area contributed by atoms with Gasteiger partial charge in [0.1, 0.15) is 6.54 Å². The molecule has 3 rings (SSSR count). The third kappa shape index (κ3) is 5.75. The molecule has 1 heterocycles. The Morgan fingerprint density at radius 2 is 1.84 bits per heavy atom. The zero-order valence-corrected chi connectivity index (χ0v) is 18.9. The molecule has 0 spiro atoms. The van der Waals surface area contributed by atoms with Gasteiger partial charge in [0.05, 0.1) is 36.4 Å². The topological polar surface area (TPSA) is 96.0 Å². The van der Waals surface area contributed by atoms with Crippen LogP contribution >= 0.6 is 11.6 Å². The molecule has 1 aliphatic rings. The number of nitrogens with zero attached hydrogens (tertiary/aromatic N) is 2. The fraction of sp³-hybridized carbons (Fsp3) is 0.333. The molecule has 1 N–H and O–H groups in total. The molecule has 0 saturated carbocycles. The quantitative estimate of drug-likeness (QED) is 0.707. The molecule has 0 bridgehead atoms. The first-order chi connectivity index (χ1) is 14.7. The Hall–Kier alpha value is -2.62. The van der Waals surface area contributed by atoms with Gasteiger partial charge in [0.25, 0.3) is 5.91 Å². The van der Waals surface area contributed by atoms with Crippen molar-refractivity contribution in [3.8, 4) is 0 Å². The largest absolute Gasteiger partial charge is 0.378 e. The Bertz CT molecular complexity index is 1080. The van der Waals surface area contributed by atoms with E-state index in [0.717, 1.165) is 16.1 Å². The van der Waals surface area contributed by atoms with E-state index in [1.807, 2.05) is 0 Å². The molecule has 166 valence electrons. The first kappa shape index (κ1) is 23.1. The molecule has 0 aliphatic carbocycles. The number of rotatable bonds is 6. The molecule has 10 heteroatoms. The summed E-state index contributed by atoms with van der Waals surface area (Å²) in [5.41, 5.74) is 1.73. The second-order valence-electron chi connectivity index (χ2n) is 7.20. The highest BCUT2D eigenvalue weighted by atomic mass is 35.5. The van der Waals surface area contributed by atoms with Gasteiger partial charge in [-0.1, -0.05) is 29.8 Å². The molecule has 1 aliphatic heterocycles. The Morgan fingerprint density at radius 1 is 1.16 bits per heavy atom.